The van der Waals surface area contributed by atoms with Crippen molar-refractivity contribution < 1.29 is 9.59 Å². The highest BCUT2D eigenvalue weighted by atomic mass is 32.1. The molecule has 29 heavy (non-hydrogen) atoms. The van der Waals surface area contributed by atoms with Gasteiger partial charge in [0.05, 0.1) is 10.3 Å². The molecule has 3 rings (SSSR count). The Morgan fingerprint density at radius 2 is 1.76 bits per heavy atom. The van der Waals surface area contributed by atoms with Gasteiger partial charge in [-0.15, -0.1) is 0 Å². The van der Waals surface area contributed by atoms with E-state index in [4.69, 9.17) is 0 Å². The van der Waals surface area contributed by atoms with E-state index in [2.05, 4.69) is 31.1 Å². The predicted octanol–water partition coefficient (Wildman–Crippen LogP) is 4.90. The molecule has 2 aromatic heterocycles. The van der Waals surface area contributed by atoms with Crippen LogP contribution in [0.3, 0.4) is 0 Å². The molecule has 0 bridgehead atoms. The van der Waals surface area contributed by atoms with Crippen molar-refractivity contribution in [3.8, 4) is 0 Å². The third-order valence-electron chi connectivity index (χ3n) is 4.88. The number of nitrogens with zero attached hydrogens (tertiary/aromatic N) is 3. The Bertz CT molecular complexity index is 1040. The fourth-order valence-electron chi connectivity index (χ4n) is 3.17. The summed E-state index contributed by atoms with van der Waals surface area (Å²) < 4.78 is 2.81. The zero-order valence-corrected chi connectivity index (χ0v) is 18.7. The first-order valence-electron chi connectivity index (χ1n) is 9.85. The van der Waals surface area contributed by atoms with Crippen LogP contribution in [-0.2, 0) is 5.54 Å². The van der Waals surface area contributed by atoms with Crippen LogP contribution >= 0.6 is 11.3 Å². The van der Waals surface area contributed by atoms with Crippen molar-refractivity contribution in [2.24, 2.45) is 0 Å². The maximum atomic E-state index is 13.1. The first-order chi connectivity index (χ1) is 13.7. The summed E-state index contributed by atoms with van der Waals surface area (Å²) in [7, 11) is 0. The molecule has 7 heteroatoms. The molecule has 2 heterocycles. The van der Waals surface area contributed by atoms with E-state index in [1.54, 1.807) is 17.0 Å². The van der Waals surface area contributed by atoms with Crippen LogP contribution in [0.15, 0.2) is 30.5 Å². The Morgan fingerprint density at radius 1 is 1.14 bits per heavy atom. The number of hydrogen-bond acceptors (Lipinski definition) is 4. The smallest absolute Gasteiger partial charge is 0.257 e. The second-order valence-electron chi connectivity index (χ2n) is 8.05. The molecule has 1 N–H and O–H groups in total. The van der Waals surface area contributed by atoms with E-state index in [9.17, 15) is 9.59 Å². The number of hydrogen-bond donors (Lipinski definition) is 1. The highest BCUT2D eigenvalue weighted by molar-refractivity contribution is 7.22. The van der Waals surface area contributed by atoms with Gasteiger partial charge >= 0.3 is 0 Å². The molecule has 0 aliphatic carbocycles. The number of aromatic nitrogens is 2. The minimum absolute atomic E-state index is 0.0111. The second kappa shape index (κ2) is 7.99. The molecule has 0 radical (unpaired) electrons. The van der Waals surface area contributed by atoms with Crippen LogP contribution in [0, 0.1) is 6.92 Å². The fourth-order valence-corrected chi connectivity index (χ4v) is 4.13. The Balaban J connectivity index is 2.02. The van der Waals surface area contributed by atoms with Gasteiger partial charge in [-0.05, 0) is 53.7 Å². The van der Waals surface area contributed by atoms with Crippen molar-refractivity contribution >= 4 is 38.6 Å². The third kappa shape index (κ3) is 4.19. The lowest BCUT2D eigenvalue weighted by Gasteiger charge is -2.21. The zero-order valence-electron chi connectivity index (χ0n) is 17.9. The Hall–Kier alpha value is -2.67. The molecule has 0 aliphatic rings. The van der Waals surface area contributed by atoms with Gasteiger partial charge in [0.1, 0.15) is 0 Å². The number of fused-ring (bicyclic) bond motifs is 1. The van der Waals surface area contributed by atoms with Crippen molar-refractivity contribution in [3.63, 3.8) is 0 Å². The molecule has 0 spiro atoms. The van der Waals surface area contributed by atoms with Gasteiger partial charge in [0, 0.05) is 30.4 Å². The molecule has 6 nitrogen and oxygen atoms in total. The van der Waals surface area contributed by atoms with Gasteiger partial charge in [0.2, 0.25) is 0 Å². The van der Waals surface area contributed by atoms with Crippen molar-refractivity contribution in [1.29, 1.82) is 0 Å². The Morgan fingerprint density at radius 3 is 2.31 bits per heavy atom. The first-order valence-corrected chi connectivity index (χ1v) is 10.7. The lowest BCUT2D eigenvalue weighted by molar-refractivity contribution is 0.0774. The summed E-state index contributed by atoms with van der Waals surface area (Å²) in [5.74, 6) is -0.219. The topological polar surface area (TPSA) is 67.2 Å². The maximum absolute atomic E-state index is 13.1. The van der Waals surface area contributed by atoms with Crippen LogP contribution < -0.4 is 5.32 Å². The summed E-state index contributed by atoms with van der Waals surface area (Å²) in [6.45, 7) is 13.4. The molecule has 0 aliphatic heterocycles. The molecular formula is C22H28N4O2S. The van der Waals surface area contributed by atoms with Gasteiger partial charge in [-0.2, -0.15) is 0 Å². The lowest BCUT2D eigenvalue weighted by atomic mass is 10.1. The number of anilines is 1. The number of nitrogens with one attached hydrogen (secondary N) is 1. The van der Waals surface area contributed by atoms with E-state index in [1.165, 1.54) is 11.3 Å². The number of aryl methyl sites for hydroxylation is 1. The summed E-state index contributed by atoms with van der Waals surface area (Å²) >= 11 is 1.34. The van der Waals surface area contributed by atoms with Gasteiger partial charge < -0.3 is 9.47 Å². The SMILES string of the molecule is CCN(CC)C(=O)c1cn(C(C)(C)C)c2nc(NC(=O)c3ccc(C)cc3)sc12. The highest BCUT2D eigenvalue weighted by Gasteiger charge is 2.27. The van der Waals surface area contributed by atoms with Gasteiger partial charge in [-0.25, -0.2) is 4.98 Å². The van der Waals surface area contributed by atoms with Crippen molar-refractivity contribution in [1.82, 2.24) is 14.5 Å². The molecule has 1 aromatic carbocycles. The van der Waals surface area contributed by atoms with E-state index >= 15 is 0 Å². The number of carbonyl (C=O) groups excluding carboxylic acids is 2. The zero-order chi connectivity index (χ0) is 21.3. The van der Waals surface area contributed by atoms with Gasteiger partial charge in [0.15, 0.2) is 10.8 Å². The standard InChI is InChI=1S/C22H28N4O2S/c1-7-25(8-2)20(28)16-13-26(22(4,5)6)18-17(16)29-21(23-18)24-19(27)15-11-9-14(3)10-12-15/h9-13H,7-8H2,1-6H3,(H,23,24,27). The monoisotopic (exact) mass is 412 g/mol. The maximum Gasteiger partial charge on any atom is 0.257 e. The number of amides is 2. The summed E-state index contributed by atoms with van der Waals surface area (Å²) in [4.78, 5) is 32.1. The number of carbonyl (C=O) groups is 2. The molecular weight excluding hydrogens is 384 g/mol. The summed E-state index contributed by atoms with van der Waals surface area (Å²) in [5.41, 5.74) is 2.78. The van der Waals surface area contributed by atoms with Crippen LogP contribution in [0.5, 0.6) is 0 Å². The number of rotatable bonds is 5. The van der Waals surface area contributed by atoms with Crippen molar-refractivity contribution in [3.05, 3.63) is 47.2 Å². The minimum atomic E-state index is -0.244. The van der Waals surface area contributed by atoms with E-state index in [1.807, 2.05) is 43.7 Å². The molecule has 0 fully saturated rings. The van der Waals surface area contributed by atoms with E-state index < -0.39 is 0 Å². The van der Waals surface area contributed by atoms with Crippen LogP contribution in [-0.4, -0.2) is 39.4 Å². The molecule has 0 saturated carbocycles. The molecule has 3 aromatic rings. The summed E-state index contributed by atoms with van der Waals surface area (Å²) in [6, 6.07) is 7.40. The van der Waals surface area contributed by atoms with E-state index in [-0.39, 0.29) is 17.4 Å². The van der Waals surface area contributed by atoms with Crippen LogP contribution in [0.2, 0.25) is 0 Å². The molecule has 0 atom stereocenters. The van der Waals surface area contributed by atoms with Gasteiger partial charge in [-0.3, -0.25) is 14.9 Å². The van der Waals surface area contributed by atoms with E-state index in [0.717, 1.165) is 15.9 Å². The molecule has 0 saturated heterocycles. The first kappa shape index (κ1) is 21.0. The van der Waals surface area contributed by atoms with Crippen molar-refractivity contribution in [2.75, 3.05) is 18.4 Å². The Kier molecular flexibility index (Phi) is 5.80. The number of thiazole rings is 1. The lowest BCUT2D eigenvalue weighted by Crippen LogP contribution is -2.30. The largest absolute Gasteiger partial charge is 0.339 e. The van der Waals surface area contributed by atoms with Crippen molar-refractivity contribution in [2.45, 2.75) is 47.1 Å². The van der Waals surface area contributed by atoms with E-state index in [0.29, 0.717) is 29.3 Å². The average Bonchev–Trinajstić information content (AvgIpc) is 3.21. The highest BCUT2D eigenvalue weighted by Crippen LogP contribution is 2.35. The third-order valence-corrected chi connectivity index (χ3v) is 5.87. The summed E-state index contributed by atoms with van der Waals surface area (Å²) in [6.07, 6.45) is 1.89. The molecule has 2 amide bonds. The Labute approximate surface area is 175 Å². The van der Waals surface area contributed by atoms with Crippen LogP contribution in [0.25, 0.3) is 10.3 Å². The summed E-state index contributed by atoms with van der Waals surface area (Å²) in [5, 5.41) is 3.38. The second-order valence-corrected chi connectivity index (χ2v) is 9.05. The molecule has 154 valence electrons. The number of benzene rings is 1. The van der Waals surface area contributed by atoms with Crippen LogP contribution in [0.1, 0.15) is 60.9 Å². The van der Waals surface area contributed by atoms with Crippen LogP contribution in [0.4, 0.5) is 5.13 Å². The molecule has 0 unspecified atom stereocenters. The normalized spacial score (nSPS) is 11.7. The quantitative estimate of drug-likeness (QED) is 0.648. The van der Waals surface area contributed by atoms with Gasteiger partial charge in [0.25, 0.3) is 11.8 Å². The fraction of sp³-hybridized carbons (Fsp3) is 0.409. The predicted molar refractivity (Wildman–Crippen MR) is 119 cm³/mol. The minimum Gasteiger partial charge on any atom is -0.339 e. The average molecular weight is 413 g/mol. The van der Waals surface area contributed by atoms with Gasteiger partial charge in [-0.1, -0.05) is 29.0 Å².